The van der Waals surface area contributed by atoms with Gasteiger partial charge in [-0.05, 0) is 47.9 Å². The first-order valence-corrected chi connectivity index (χ1v) is 12.6. The Morgan fingerprint density at radius 1 is 0.882 bits per heavy atom. The zero-order chi connectivity index (χ0) is 23.0. The van der Waals surface area contributed by atoms with Crippen LogP contribution >= 0.6 is 0 Å². The monoisotopic (exact) mass is 451 g/mol. The van der Waals surface area contributed by atoms with Crippen LogP contribution in [0.5, 0.6) is 0 Å². The molecule has 174 valence electrons. The number of piperidine rings is 2. The fourth-order valence-electron chi connectivity index (χ4n) is 6.99. The minimum Gasteiger partial charge on any atom is -0.350 e. The van der Waals surface area contributed by atoms with Crippen molar-refractivity contribution in [2.24, 2.45) is 17.8 Å². The van der Waals surface area contributed by atoms with Crippen molar-refractivity contribution in [3.63, 3.8) is 0 Å². The third-order valence-corrected chi connectivity index (χ3v) is 8.43. The molecule has 1 aliphatic carbocycles. The molecule has 4 heteroatoms. The quantitative estimate of drug-likeness (QED) is 0.570. The SMILES string of the molecule is O=C(NCc1ccccc1)[C@]12NC[C@@H]3C[C@H]1CN(Cc1ccccc1)[C@H]2[C@@H]3Cc1ccccc1. The number of rotatable bonds is 7. The third kappa shape index (κ3) is 3.75. The van der Waals surface area contributed by atoms with Crippen LogP contribution in [-0.2, 0) is 24.3 Å². The van der Waals surface area contributed by atoms with Crippen molar-refractivity contribution in [3.05, 3.63) is 108 Å². The molecule has 4 nitrogen and oxygen atoms in total. The largest absolute Gasteiger partial charge is 0.350 e. The molecule has 1 amide bonds. The molecule has 4 fully saturated rings. The first-order valence-electron chi connectivity index (χ1n) is 12.6. The molecule has 3 aromatic carbocycles. The molecule has 3 aromatic rings. The van der Waals surface area contributed by atoms with E-state index in [2.05, 4.69) is 88.3 Å². The number of carbonyl (C=O) groups excluding carboxylic acids is 1. The average molecular weight is 452 g/mol. The van der Waals surface area contributed by atoms with E-state index in [1.54, 1.807) is 0 Å². The standard InChI is InChI=1S/C30H33N3O/c34-29(31-18-23-12-6-2-7-13-23)30-26-17-25(19-32-30)27(16-22-10-4-1-5-11-22)28(30)33(21-26)20-24-14-8-3-9-15-24/h1-15,25-28,32H,16-21H2,(H,31,34)/t25-,26-,27+,28-,30-/m0/s1. The summed E-state index contributed by atoms with van der Waals surface area (Å²) in [6.45, 7) is 3.39. The van der Waals surface area contributed by atoms with E-state index in [0.29, 0.717) is 24.3 Å². The van der Waals surface area contributed by atoms with Gasteiger partial charge in [0, 0.05) is 31.6 Å². The predicted molar refractivity (Wildman–Crippen MR) is 135 cm³/mol. The second-order valence-corrected chi connectivity index (χ2v) is 10.3. The maximum atomic E-state index is 14.0. The number of benzene rings is 3. The Labute approximate surface area is 202 Å². The molecule has 34 heavy (non-hydrogen) atoms. The number of amides is 1. The van der Waals surface area contributed by atoms with Gasteiger partial charge < -0.3 is 10.6 Å². The van der Waals surface area contributed by atoms with Crippen LogP contribution in [0, 0.1) is 17.8 Å². The molecule has 5 atom stereocenters. The van der Waals surface area contributed by atoms with Gasteiger partial charge in [-0.25, -0.2) is 0 Å². The maximum Gasteiger partial charge on any atom is 0.242 e. The molecule has 0 unspecified atom stereocenters. The van der Waals surface area contributed by atoms with Gasteiger partial charge >= 0.3 is 0 Å². The van der Waals surface area contributed by atoms with Crippen molar-refractivity contribution in [1.82, 2.24) is 15.5 Å². The van der Waals surface area contributed by atoms with Crippen molar-refractivity contribution in [2.75, 3.05) is 13.1 Å². The summed E-state index contributed by atoms with van der Waals surface area (Å²) in [6.07, 6.45) is 2.16. The van der Waals surface area contributed by atoms with Gasteiger partial charge in [0.15, 0.2) is 0 Å². The van der Waals surface area contributed by atoms with Gasteiger partial charge in [-0.1, -0.05) is 91.0 Å². The van der Waals surface area contributed by atoms with Gasteiger partial charge in [-0.15, -0.1) is 0 Å². The van der Waals surface area contributed by atoms with Crippen LogP contribution in [0.4, 0.5) is 0 Å². The summed E-state index contributed by atoms with van der Waals surface area (Å²) in [4.78, 5) is 16.6. The topological polar surface area (TPSA) is 44.4 Å². The van der Waals surface area contributed by atoms with Crippen molar-refractivity contribution in [3.8, 4) is 0 Å². The van der Waals surface area contributed by atoms with Crippen LogP contribution in [0.3, 0.4) is 0 Å². The highest BCUT2D eigenvalue weighted by Gasteiger charge is 2.67. The van der Waals surface area contributed by atoms with E-state index in [1.165, 1.54) is 11.1 Å². The lowest BCUT2D eigenvalue weighted by Gasteiger charge is -2.56. The smallest absolute Gasteiger partial charge is 0.242 e. The van der Waals surface area contributed by atoms with E-state index < -0.39 is 5.54 Å². The third-order valence-electron chi connectivity index (χ3n) is 8.43. The summed E-state index contributed by atoms with van der Waals surface area (Å²) in [5.74, 6) is 1.61. The van der Waals surface area contributed by atoms with E-state index in [9.17, 15) is 4.79 Å². The molecule has 2 N–H and O–H groups in total. The summed E-state index contributed by atoms with van der Waals surface area (Å²) in [7, 11) is 0. The first kappa shape index (κ1) is 21.6. The van der Waals surface area contributed by atoms with Gasteiger partial charge in [0.05, 0.1) is 0 Å². The summed E-state index contributed by atoms with van der Waals surface area (Å²) >= 11 is 0. The van der Waals surface area contributed by atoms with Crippen molar-refractivity contribution >= 4 is 5.91 Å². The minimum atomic E-state index is -0.516. The molecule has 4 aliphatic rings. The Bertz CT molecular complexity index is 1120. The first-order chi connectivity index (χ1) is 16.7. The molecule has 3 heterocycles. The van der Waals surface area contributed by atoms with Crippen LogP contribution in [0.1, 0.15) is 23.1 Å². The zero-order valence-corrected chi connectivity index (χ0v) is 19.6. The fraction of sp³-hybridized carbons (Fsp3) is 0.367. The number of fused-ring (bicyclic) bond motifs is 1. The second-order valence-electron chi connectivity index (χ2n) is 10.3. The number of hydrogen-bond acceptors (Lipinski definition) is 3. The lowest BCUT2D eigenvalue weighted by molar-refractivity contribution is -0.138. The number of carbonyl (C=O) groups is 1. The minimum absolute atomic E-state index is 0.179. The molecule has 3 saturated heterocycles. The molecule has 3 aliphatic heterocycles. The molecular weight excluding hydrogens is 418 g/mol. The van der Waals surface area contributed by atoms with E-state index in [1.807, 2.05) is 18.2 Å². The van der Waals surface area contributed by atoms with Gasteiger partial charge in [-0.2, -0.15) is 0 Å². The maximum absolute atomic E-state index is 14.0. The lowest BCUT2D eigenvalue weighted by atomic mass is 9.58. The Morgan fingerprint density at radius 2 is 1.50 bits per heavy atom. The Hall–Kier alpha value is -2.95. The van der Waals surface area contributed by atoms with Crippen LogP contribution in [-0.4, -0.2) is 35.5 Å². The zero-order valence-electron chi connectivity index (χ0n) is 19.6. The summed E-state index contributed by atoms with van der Waals surface area (Å²) in [5, 5.41) is 7.13. The van der Waals surface area contributed by atoms with Crippen molar-refractivity contribution in [1.29, 1.82) is 0 Å². The van der Waals surface area contributed by atoms with E-state index in [4.69, 9.17) is 0 Å². The molecule has 0 aromatic heterocycles. The Morgan fingerprint density at radius 3 is 2.18 bits per heavy atom. The highest BCUT2D eigenvalue weighted by atomic mass is 16.2. The number of nitrogens with one attached hydrogen (secondary N) is 2. The number of hydrogen-bond donors (Lipinski definition) is 2. The normalized spacial score (nSPS) is 29.8. The Balaban J connectivity index is 1.32. The van der Waals surface area contributed by atoms with Crippen LogP contribution < -0.4 is 10.6 Å². The van der Waals surface area contributed by atoms with Crippen LogP contribution in [0.25, 0.3) is 0 Å². The summed E-state index contributed by atoms with van der Waals surface area (Å²) < 4.78 is 0. The van der Waals surface area contributed by atoms with E-state index >= 15 is 0 Å². The fourth-order valence-corrected chi connectivity index (χ4v) is 6.99. The van der Waals surface area contributed by atoms with E-state index in [-0.39, 0.29) is 11.9 Å². The van der Waals surface area contributed by atoms with Gasteiger partial charge in [0.2, 0.25) is 5.91 Å². The van der Waals surface area contributed by atoms with Crippen LogP contribution in [0.2, 0.25) is 0 Å². The predicted octanol–water partition coefficient (Wildman–Crippen LogP) is 4.02. The summed E-state index contributed by atoms with van der Waals surface area (Å²) in [6, 6.07) is 32.0. The molecule has 0 spiro atoms. The molecular formula is C30H33N3O. The van der Waals surface area contributed by atoms with Gasteiger partial charge in [-0.3, -0.25) is 9.69 Å². The van der Waals surface area contributed by atoms with E-state index in [0.717, 1.165) is 38.0 Å². The van der Waals surface area contributed by atoms with Crippen molar-refractivity contribution < 1.29 is 4.79 Å². The highest BCUT2D eigenvalue weighted by molar-refractivity contribution is 5.89. The van der Waals surface area contributed by atoms with Gasteiger partial charge in [0.1, 0.15) is 5.54 Å². The van der Waals surface area contributed by atoms with Gasteiger partial charge in [0.25, 0.3) is 0 Å². The second kappa shape index (κ2) is 9.01. The molecule has 7 rings (SSSR count). The molecule has 1 saturated carbocycles. The molecule has 0 radical (unpaired) electrons. The highest BCUT2D eigenvalue weighted by Crippen LogP contribution is 2.53. The molecule has 4 bridgehead atoms. The average Bonchev–Trinajstić information content (AvgIpc) is 3.15. The van der Waals surface area contributed by atoms with Crippen LogP contribution in [0.15, 0.2) is 91.0 Å². The number of likely N-dealkylation sites (tertiary alicyclic amines) is 1. The Kier molecular flexibility index (Phi) is 5.72. The number of nitrogens with zero attached hydrogens (tertiary/aromatic N) is 1. The summed E-state index contributed by atoms with van der Waals surface area (Å²) in [5.41, 5.74) is 3.33. The lowest BCUT2D eigenvalue weighted by Crippen LogP contribution is -2.76. The van der Waals surface area contributed by atoms with Crippen molar-refractivity contribution in [2.45, 2.75) is 37.5 Å².